The molecule has 0 fully saturated rings. The number of aryl methyl sites for hydroxylation is 1. The van der Waals surface area contributed by atoms with Crippen LogP contribution in [0.3, 0.4) is 0 Å². The number of benzene rings is 3. The zero-order valence-corrected chi connectivity index (χ0v) is 26.3. The number of anilines is 2. The highest BCUT2D eigenvalue weighted by molar-refractivity contribution is 6.06. The highest BCUT2D eigenvalue weighted by Gasteiger charge is 2.38. The van der Waals surface area contributed by atoms with E-state index in [0.717, 1.165) is 39.2 Å². The van der Waals surface area contributed by atoms with Gasteiger partial charge in [0, 0.05) is 45.4 Å². The Kier molecular flexibility index (Phi) is 10.4. The van der Waals surface area contributed by atoms with Gasteiger partial charge in [0.2, 0.25) is 5.95 Å². The van der Waals surface area contributed by atoms with Crippen LogP contribution in [0.1, 0.15) is 15.9 Å². The molecule has 0 spiro atoms. The maximum absolute atomic E-state index is 15.0. The maximum Gasteiger partial charge on any atom is 0.490 e. The summed E-state index contributed by atoms with van der Waals surface area (Å²) in [6.45, 7) is 0.885. The fourth-order valence-corrected chi connectivity index (χ4v) is 4.99. The number of carbonyl (C=O) groups is 2. The zero-order valence-electron chi connectivity index (χ0n) is 26.3. The van der Waals surface area contributed by atoms with Gasteiger partial charge < -0.3 is 30.9 Å². The van der Waals surface area contributed by atoms with Gasteiger partial charge in [-0.1, -0.05) is 12.1 Å². The molecule has 12 nitrogen and oxygen atoms in total. The molecule has 3 aromatic carbocycles. The van der Waals surface area contributed by atoms with E-state index in [1.165, 1.54) is 12.1 Å². The Labute approximate surface area is 283 Å². The van der Waals surface area contributed by atoms with Crippen molar-refractivity contribution >= 4 is 45.4 Å². The van der Waals surface area contributed by atoms with E-state index in [0.29, 0.717) is 16.8 Å². The van der Waals surface area contributed by atoms with Crippen LogP contribution < -0.4 is 16.2 Å². The number of nitrogens with zero attached hydrogens (tertiary/aromatic N) is 3. The van der Waals surface area contributed by atoms with Gasteiger partial charge in [-0.05, 0) is 67.1 Å². The first-order chi connectivity index (χ1) is 24.2. The van der Waals surface area contributed by atoms with E-state index >= 15 is 0 Å². The second kappa shape index (κ2) is 14.7. The number of para-hydroxylation sites is 1. The lowest BCUT2D eigenvalue weighted by molar-refractivity contribution is -0.192. The van der Waals surface area contributed by atoms with Crippen LogP contribution in [0.2, 0.25) is 0 Å². The molecule has 0 aliphatic carbocycles. The Balaban J connectivity index is 0.000000654. The third-order valence-electron chi connectivity index (χ3n) is 7.49. The molecule has 0 bridgehead atoms. The fraction of sp³-hybridized carbons (Fsp3) is 0.147. The number of rotatable bonds is 8. The summed E-state index contributed by atoms with van der Waals surface area (Å²) in [6, 6.07) is 17.4. The monoisotopic (exact) mass is 710 g/mol. The quantitative estimate of drug-likeness (QED) is 0.116. The van der Waals surface area contributed by atoms with Gasteiger partial charge in [0.1, 0.15) is 17.3 Å². The van der Waals surface area contributed by atoms with E-state index in [9.17, 15) is 41.8 Å². The van der Waals surface area contributed by atoms with Crippen LogP contribution >= 0.6 is 0 Å². The van der Waals surface area contributed by atoms with Gasteiger partial charge in [-0.3, -0.25) is 14.2 Å². The fourth-order valence-electron chi connectivity index (χ4n) is 4.99. The lowest BCUT2D eigenvalue weighted by Gasteiger charge is -2.18. The van der Waals surface area contributed by atoms with Crippen molar-refractivity contribution in [2.45, 2.75) is 19.1 Å². The van der Waals surface area contributed by atoms with Crippen molar-refractivity contribution in [3.8, 4) is 16.9 Å². The Bertz CT molecular complexity index is 2300. The Hall–Kier alpha value is -6.20. The number of nitrogens with one attached hydrogen (secondary N) is 3. The number of carbonyl (C=O) groups excluding carboxylic acids is 1. The SMILES string of the molecule is Cc1ccc(NC(=O)c2ccc3[nH]ccc3c2)cc1-c1nc(NC(CO)CO)nc2c1ccc(=O)n2-c1c(F)cccc1F.O=C(O)C(F)(F)F. The third-order valence-corrected chi connectivity index (χ3v) is 7.49. The van der Waals surface area contributed by atoms with Crippen LogP contribution in [0.5, 0.6) is 0 Å². The van der Waals surface area contributed by atoms with Gasteiger partial charge in [-0.15, -0.1) is 0 Å². The molecular formula is C34H27F5N6O6. The number of hydrogen-bond donors (Lipinski definition) is 6. The number of aliphatic hydroxyl groups excluding tert-OH is 2. The average molecular weight is 711 g/mol. The number of amides is 1. The summed E-state index contributed by atoms with van der Waals surface area (Å²) in [6.07, 6.45) is -3.29. The molecular weight excluding hydrogens is 683 g/mol. The molecule has 6 aromatic rings. The molecule has 0 radical (unpaired) electrons. The van der Waals surface area contributed by atoms with Crippen molar-refractivity contribution in [1.29, 1.82) is 0 Å². The van der Waals surface area contributed by atoms with Crippen LogP contribution in [0.25, 0.3) is 38.9 Å². The van der Waals surface area contributed by atoms with Crippen LogP contribution in [0, 0.1) is 18.6 Å². The summed E-state index contributed by atoms with van der Waals surface area (Å²) >= 11 is 0. The van der Waals surface area contributed by atoms with E-state index in [1.807, 2.05) is 19.1 Å². The van der Waals surface area contributed by atoms with Gasteiger partial charge in [0.25, 0.3) is 11.5 Å². The highest BCUT2D eigenvalue weighted by atomic mass is 19.4. The molecule has 0 unspecified atom stereocenters. The smallest absolute Gasteiger partial charge is 0.475 e. The molecule has 3 aromatic heterocycles. The number of pyridine rings is 1. The number of aromatic amines is 1. The topological polar surface area (TPSA) is 182 Å². The lowest BCUT2D eigenvalue weighted by Crippen LogP contribution is -2.29. The third kappa shape index (κ3) is 7.84. The van der Waals surface area contributed by atoms with Gasteiger partial charge >= 0.3 is 12.1 Å². The number of H-pyrrole nitrogens is 1. The molecule has 264 valence electrons. The van der Waals surface area contributed by atoms with Gasteiger partial charge in [0.05, 0.1) is 24.9 Å². The van der Waals surface area contributed by atoms with Gasteiger partial charge in [-0.2, -0.15) is 18.2 Å². The minimum Gasteiger partial charge on any atom is -0.475 e. The summed E-state index contributed by atoms with van der Waals surface area (Å²) in [7, 11) is 0. The maximum atomic E-state index is 15.0. The number of halogens is 5. The largest absolute Gasteiger partial charge is 0.490 e. The molecule has 0 aliphatic rings. The van der Waals surface area contributed by atoms with Gasteiger partial charge in [0.15, 0.2) is 5.65 Å². The number of carboxylic acid groups (broad SMARTS) is 1. The standard InChI is InChI=1S/C32H26F2N6O4.C2HF3O2/c1-17-5-7-20(36-31(44)19-6-9-26-18(13-19)11-12-35-26)14-23(17)28-22-8-10-27(43)40(29-24(33)3-2-4-25(29)34)30(22)39-32(38-28)37-21(15-41)16-42;3-2(4,5)1(6)7/h2-14,21,35,41-42H,15-16H2,1H3,(H,36,44)(H,37,38,39);(H,6,7). The highest BCUT2D eigenvalue weighted by Crippen LogP contribution is 2.33. The molecule has 0 atom stereocenters. The number of aliphatic carboxylic acids is 1. The molecule has 17 heteroatoms. The first kappa shape index (κ1) is 36.1. The summed E-state index contributed by atoms with van der Waals surface area (Å²) in [4.78, 5) is 47.2. The summed E-state index contributed by atoms with van der Waals surface area (Å²) in [5, 5.41) is 33.3. The van der Waals surface area contributed by atoms with Crippen LogP contribution in [0.4, 0.5) is 33.6 Å². The Morgan fingerprint density at radius 1 is 0.941 bits per heavy atom. The van der Waals surface area contributed by atoms with E-state index in [1.54, 1.807) is 36.5 Å². The first-order valence-electron chi connectivity index (χ1n) is 14.9. The number of alkyl halides is 3. The first-order valence-corrected chi connectivity index (χ1v) is 14.9. The lowest BCUT2D eigenvalue weighted by atomic mass is 10.0. The number of fused-ring (bicyclic) bond motifs is 2. The van der Waals surface area contributed by atoms with E-state index in [2.05, 4.69) is 25.6 Å². The van der Waals surface area contributed by atoms with Crippen LogP contribution in [-0.4, -0.2) is 72.1 Å². The molecule has 6 N–H and O–H groups in total. The Morgan fingerprint density at radius 3 is 2.27 bits per heavy atom. The Morgan fingerprint density at radius 2 is 1.63 bits per heavy atom. The molecule has 51 heavy (non-hydrogen) atoms. The molecule has 0 saturated heterocycles. The minimum atomic E-state index is -5.08. The van der Waals surface area contributed by atoms with Crippen molar-refractivity contribution in [1.82, 2.24) is 19.5 Å². The minimum absolute atomic E-state index is 0.106. The average Bonchev–Trinajstić information content (AvgIpc) is 3.56. The van der Waals surface area contributed by atoms with Crippen LogP contribution in [0.15, 0.2) is 83.8 Å². The number of aromatic nitrogens is 4. The molecule has 0 aliphatic heterocycles. The van der Waals surface area contributed by atoms with Crippen molar-refractivity contribution in [2.24, 2.45) is 0 Å². The van der Waals surface area contributed by atoms with E-state index in [4.69, 9.17) is 9.90 Å². The number of hydrogen-bond acceptors (Lipinski definition) is 8. The van der Waals surface area contributed by atoms with E-state index < -0.39 is 54.3 Å². The van der Waals surface area contributed by atoms with E-state index in [-0.39, 0.29) is 28.6 Å². The van der Waals surface area contributed by atoms with Crippen molar-refractivity contribution in [3.05, 3.63) is 112 Å². The second-order valence-corrected chi connectivity index (χ2v) is 11.0. The number of aliphatic hydroxyl groups is 2. The second-order valence-electron chi connectivity index (χ2n) is 11.0. The van der Waals surface area contributed by atoms with Gasteiger partial charge in [-0.25, -0.2) is 18.6 Å². The van der Waals surface area contributed by atoms with Crippen molar-refractivity contribution in [3.63, 3.8) is 0 Å². The molecule has 1 amide bonds. The molecule has 3 heterocycles. The molecule has 6 rings (SSSR count). The predicted octanol–water partition coefficient (Wildman–Crippen LogP) is 5.17. The summed E-state index contributed by atoms with van der Waals surface area (Å²) < 4.78 is 62.5. The number of carboxylic acids is 1. The normalized spacial score (nSPS) is 11.4. The summed E-state index contributed by atoms with van der Waals surface area (Å²) in [5.41, 5.74) is 1.87. The van der Waals surface area contributed by atoms with Crippen molar-refractivity contribution < 1.29 is 46.9 Å². The molecule has 0 saturated carbocycles. The van der Waals surface area contributed by atoms with Crippen molar-refractivity contribution in [2.75, 3.05) is 23.8 Å². The zero-order chi connectivity index (χ0) is 37.0. The predicted molar refractivity (Wildman–Crippen MR) is 177 cm³/mol. The van der Waals surface area contributed by atoms with Crippen LogP contribution in [-0.2, 0) is 4.79 Å². The summed E-state index contributed by atoms with van der Waals surface area (Å²) in [5.74, 6) is -5.15.